The molecule has 0 aliphatic heterocycles. The van der Waals surface area contributed by atoms with Crippen molar-refractivity contribution in [2.75, 3.05) is 11.4 Å². The molecule has 0 N–H and O–H groups in total. The first kappa shape index (κ1) is 13.2. The van der Waals surface area contributed by atoms with E-state index in [1.165, 1.54) is 19.1 Å². The molecule has 1 heterocycles. The largest absolute Gasteiger partial charge is 0.326 e. The van der Waals surface area contributed by atoms with Crippen LogP contribution in [-0.2, 0) is 0 Å². The quantitative estimate of drug-likeness (QED) is 0.786. The van der Waals surface area contributed by atoms with Crippen LogP contribution in [0.4, 0.5) is 15.9 Å². The lowest BCUT2D eigenvalue weighted by molar-refractivity contribution is 0.101. The number of carbonyl (C=O) groups excluding carboxylic acids is 1. The van der Waals surface area contributed by atoms with Gasteiger partial charge in [0.1, 0.15) is 11.6 Å². The number of hydrogen-bond donors (Lipinski definition) is 0. The Balaban J connectivity index is 2.51. The van der Waals surface area contributed by atoms with Gasteiger partial charge in [-0.2, -0.15) is 0 Å². The van der Waals surface area contributed by atoms with Crippen LogP contribution in [0.5, 0.6) is 0 Å². The molecule has 0 saturated heterocycles. The van der Waals surface area contributed by atoms with Gasteiger partial charge in [-0.1, -0.05) is 6.07 Å². The molecule has 0 spiro atoms. The van der Waals surface area contributed by atoms with Crippen LogP contribution in [0, 0.1) is 5.82 Å². The number of nitrogens with zero attached hydrogens (tertiary/aromatic N) is 2. The fourth-order valence-electron chi connectivity index (χ4n) is 1.99. The van der Waals surface area contributed by atoms with Gasteiger partial charge in [-0.15, -0.1) is 0 Å². The number of ketones is 1. The Labute approximate surface area is 111 Å². The molecule has 1 aromatic carbocycles. The summed E-state index contributed by atoms with van der Waals surface area (Å²) in [6, 6.07) is 9.71. The topological polar surface area (TPSA) is 33.2 Å². The van der Waals surface area contributed by atoms with Gasteiger partial charge in [0.25, 0.3) is 0 Å². The van der Waals surface area contributed by atoms with Crippen molar-refractivity contribution in [2.45, 2.75) is 13.8 Å². The van der Waals surface area contributed by atoms with Crippen molar-refractivity contribution in [3.05, 3.63) is 54.0 Å². The molecule has 0 aliphatic rings. The standard InChI is InChI=1S/C15H15FN2O/c1-3-18(13-7-4-6-12(16)10-13)15-14(11(2)19)8-5-9-17-15/h4-10H,3H2,1-2H3. The molecule has 98 valence electrons. The summed E-state index contributed by atoms with van der Waals surface area (Å²) in [5.74, 6) is 0.192. The summed E-state index contributed by atoms with van der Waals surface area (Å²) in [5.41, 5.74) is 1.22. The average molecular weight is 258 g/mol. The summed E-state index contributed by atoms with van der Waals surface area (Å²) in [7, 11) is 0. The van der Waals surface area contributed by atoms with Crippen molar-refractivity contribution in [3.63, 3.8) is 0 Å². The van der Waals surface area contributed by atoms with Crippen LogP contribution in [0.15, 0.2) is 42.6 Å². The van der Waals surface area contributed by atoms with Crippen LogP contribution < -0.4 is 4.90 Å². The molecule has 0 bridgehead atoms. The normalized spacial score (nSPS) is 10.3. The van der Waals surface area contributed by atoms with Crippen LogP contribution in [-0.4, -0.2) is 17.3 Å². The van der Waals surface area contributed by atoms with E-state index in [1.54, 1.807) is 30.5 Å². The molecular formula is C15H15FN2O. The molecule has 3 nitrogen and oxygen atoms in total. The summed E-state index contributed by atoms with van der Waals surface area (Å²) in [6.07, 6.45) is 1.63. The molecule has 19 heavy (non-hydrogen) atoms. The zero-order valence-electron chi connectivity index (χ0n) is 10.9. The Morgan fingerprint density at radius 3 is 2.74 bits per heavy atom. The van der Waals surface area contributed by atoms with Gasteiger partial charge in [0.2, 0.25) is 0 Å². The molecule has 4 heteroatoms. The first-order valence-electron chi connectivity index (χ1n) is 6.12. The highest BCUT2D eigenvalue weighted by atomic mass is 19.1. The number of aromatic nitrogens is 1. The smallest absolute Gasteiger partial charge is 0.163 e. The van der Waals surface area contributed by atoms with Crippen molar-refractivity contribution < 1.29 is 9.18 Å². The van der Waals surface area contributed by atoms with Crippen molar-refractivity contribution in [2.24, 2.45) is 0 Å². The Kier molecular flexibility index (Phi) is 3.90. The lowest BCUT2D eigenvalue weighted by Gasteiger charge is -2.23. The number of rotatable bonds is 4. The van der Waals surface area contributed by atoms with Gasteiger partial charge < -0.3 is 4.90 Å². The maximum atomic E-state index is 13.3. The lowest BCUT2D eigenvalue weighted by atomic mass is 10.1. The van der Waals surface area contributed by atoms with Gasteiger partial charge in [-0.3, -0.25) is 4.79 Å². The van der Waals surface area contributed by atoms with E-state index in [9.17, 15) is 9.18 Å². The molecule has 2 rings (SSSR count). The third-order valence-corrected chi connectivity index (χ3v) is 2.86. The second-order valence-corrected chi connectivity index (χ2v) is 4.15. The molecule has 0 fully saturated rings. The molecule has 0 saturated carbocycles. The first-order chi connectivity index (χ1) is 9.13. The Morgan fingerprint density at radius 1 is 1.32 bits per heavy atom. The van der Waals surface area contributed by atoms with Crippen molar-refractivity contribution >= 4 is 17.3 Å². The van der Waals surface area contributed by atoms with Gasteiger partial charge in [0, 0.05) is 18.4 Å². The predicted octanol–water partition coefficient (Wildman–Crippen LogP) is 3.58. The fraction of sp³-hybridized carbons (Fsp3) is 0.200. The minimum absolute atomic E-state index is 0.0575. The van der Waals surface area contributed by atoms with Crippen molar-refractivity contribution in [1.29, 1.82) is 0 Å². The Hall–Kier alpha value is -2.23. The van der Waals surface area contributed by atoms with Gasteiger partial charge >= 0.3 is 0 Å². The maximum absolute atomic E-state index is 13.3. The highest BCUT2D eigenvalue weighted by molar-refractivity contribution is 5.99. The van der Waals surface area contributed by atoms with E-state index in [2.05, 4.69) is 4.98 Å². The van der Waals surface area contributed by atoms with Crippen LogP contribution in [0.2, 0.25) is 0 Å². The molecular weight excluding hydrogens is 243 g/mol. The number of anilines is 2. The molecule has 1 aromatic heterocycles. The predicted molar refractivity (Wildman–Crippen MR) is 73.3 cm³/mol. The van der Waals surface area contributed by atoms with Crippen LogP contribution >= 0.6 is 0 Å². The highest BCUT2D eigenvalue weighted by Gasteiger charge is 2.15. The molecule has 0 radical (unpaired) electrons. The van der Waals surface area contributed by atoms with Gasteiger partial charge in [-0.25, -0.2) is 9.37 Å². The van der Waals surface area contributed by atoms with E-state index in [0.29, 0.717) is 23.6 Å². The third-order valence-electron chi connectivity index (χ3n) is 2.86. The first-order valence-corrected chi connectivity index (χ1v) is 6.12. The van der Waals surface area contributed by atoms with Gasteiger partial charge in [-0.05, 0) is 44.2 Å². The second kappa shape index (κ2) is 5.61. The monoisotopic (exact) mass is 258 g/mol. The Morgan fingerprint density at radius 2 is 2.11 bits per heavy atom. The van der Waals surface area contributed by atoms with Crippen molar-refractivity contribution in [3.8, 4) is 0 Å². The highest BCUT2D eigenvalue weighted by Crippen LogP contribution is 2.26. The molecule has 2 aromatic rings. The minimum Gasteiger partial charge on any atom is -0.326 e. The molecule has 0 aliphatic carbocycles. The number of benzene rings is 1. The zero-order valence-corrected chi connectivity index (χ0v) is 10.9. The summed E-state index contributed by atoms with van der Waals surface area (Å²) in [6.45, 7) is 4.03. The van der Waals surface area contributed by atoms with E-state index in [0.717, 1.165) is 0 Å². The molecule has 0 unspecified atom stereocenters. The number of carbonyl (C=O) groups is 1. The van der Waals surface area contributed by atoms with E-state index in [1.807, 2.05) is 11.8 Å². The summed E-state index contributed by atoms with van der Waals surface area (Å²) >= 11 is 0. The van der Waals surface area contributed by atoms with E-state index < -0.39 is 0 Å². The van der Waals surface area contributed by atoms with Gasteiger partial charge in [0.15, 0.2) is 5.78 Å². The second-order valence-electron chi connectivity index (χ2n) is 4.15. The summed E-state index contributed by atoms with van der Waals surface area (Å²) < 4.78 is 13.3. The van der Waals surface area contributed by atoms with E-state index in [4.69, 9.17) is 0 Å². The third kappa shape index (κ3) is 2.78. The van der Waals surface area contributed by atoms with Crippen molar-refractivity contribution in [1.82, 2.24) is 4.98 Å². The summed E-state index contributed by atoms with van der Waals surface area (Å²) in [5, 5.41) is 0. The molecule has 0 amide bonds. The SMILES string of the molecule is CCN(c1cccc(F)c1)c1ncccc1C(C)=O. The maximum Gasteiger partial charge on any atom is 0.163 e. The van der Waals surface area contributed by atoms with Crippen LogP contribution in [0.25, 0.3) is 0 Å². The zero-order chi connectivity index (χ0) is 13.8. The van der Waals surface area contributed by atoms with E-state index in [-0.39, 0.29) is 11.6 Å². The summed E-state index contributed by atoms with van der Waals surface area (Å²) in [4.78, 5) is 17.7. The minimum atomic E-state index is -0.309. The van der Waals surface area contributed by atoms with Crippen LogP contribution in [0.3, 0.4) is 0 Å². The lowest BCUT2D eigenvalue weighted by Crippen LogP contribution is -2.20. The number of Topliss-reactive ketones (excluding diaryl/α,β-unsaturated/α-hetero) is 1. The Bertz CT molecular complexity index is 598. The molecule has 0 atom stereocenters. The number of halogens is 1. The fourth-order valence-corrected chi connectivity index (χ4v) is 1.99. The average Bonchev–Trinajstić information content (AvgIpc) is 2.40. The number of hydrogen-bond acceptors (Lipinski definition) is 3. The van der Waals surface area contributed by atoms with Crippen LogP contribution in [0.1, 0.15) is 24.2 Å². The van der Waals surface area contributed by atoms with E-state index >= 15 is 0 Å². The van der Waals surface area contributed by atoms with Gasteiger partial charge in [0.05, 0.1) is 5.56 Å². The number of pyridine rings is 1.